The van der Waals surface area contributed by atoms with Crippen LogP contribution in [0.2, 0.25) is 0 Å². The zero-order chi connectivity index (χ0) is 13.9. The minimum Gasteiger partial charge on any atom is -0.361 e. The highest BCUT2D eigenvalue weighted by Crippen LogP contribution is 2.20. The first-order valence-corrected chi connectivity index (χ1v) is 6.09. The molecule has 2 heterocycles. The molecule has 0 aliphatic carbocycles. The Morgan fingerprint density at radius 3 is 2.90 bits per heavy atom. The van der Waals surface area contributed by atoms with Gasteiger partial charge in [-0.15, -0.1) is 0 Å². The SMILES string of the molecule is Cc1noc(CNc2cc(C#N)c3ccccc3n2)n1. The van der Waals surface area contributed by atoms with Crippen LogP contribution in [0.15, 0.2) is 34.9 Å². The Morgan fingerprint density at radius 2 is 2.15 bits per heavy atom. The number of anilines is 1. The van der Waals surface area contributed by atoms with Gasteiger partial charge in [0, 0.05) is 5.39 Å². The van der Waals surface area contributed by atoms with Crippen molar-refractivity contribution in [3.8, 4) is 6.07 Å². The van der Waals surface area contributed by atoms with Gasteiger partial charge in [0.25, 0.3) is 0 Å². The second kappa shape index (κ2) is 4.97. The molecule has 0 bridgehead atoms. The number of pyridine rings is 1. The first-order valence-electron chi connectivity index (χ1n) is 6.09. The standard InChI is InChI=1S/C14H11N5O/c1-9-17-14(20-19-9)8-16-13-6-10(7-15)11-4-2-3-5-12(11)18-13/h2-6H,8H2,1H3,(H,16,18). The Bertz CT molecular complexity index is 803. The summed E-state index contributed by atoms with van der Waals surface area (Å²) in [6.07, 6.45) is 0. The van der Waals surface area contributed by atoms with Crippen LogP contribution in [0.4, 0.5) is 5.82 Å². The van der Waals surface area contributed by atoms with Crippen LogP contribution in [0.3, 0.4) is 0 Å². The maximum Gasteiger partial charge on any atom is 0.245 e. The second-order valence-electron chi connectivity index (χ2n) is 4.27. The topological polar surface area (TPSA) is 87.6 Å². The van der Waals surface area contributed by atoms with Crippen molar-refractivity contribution >= 4 is 16.7 Å². The summed E-state index contributed by atoms with van der Waals surface area (Å²) in [4.78, 5) is 8.55. The van der Waals surface area contributed by atoms with E-state index in [4.69, 9.17) is 4.52 Å². The zero-order valence-electron chi connectivity index (χ0n) is 10.8. The molecule has 0 aliphatic rings. The average molecular weight is 265 g/mol. The molecule has 1 N–H and O–H groups in total. The predicted molar refractivity (Wildman–Crippen MR) is 72.8 cm³/mol. The molecule has 0 unspecified atom stereocenters. The van der Waals surface area contributed by atoms with Crippen molar-refractivity contribution in [3.63, 3.8) is 0 Å². The molecule has 0 fully saturated rings. The lowest BCUT2D eigenvalue weighted by molar-refractivity contribution is 0.379. The number of nitrogens with zero attached hydrogens (tertiary/aromatic N) is 4. The summed E-state index contributed by atoms with van der Waals surface area (Å²) in [5.41, 5.74) is 1.36. The number of fused-ring (bicyclic) bond motifs is 1. The minimum atomic E-state index is 0.372. The molecule has 0 saturated heterocycles. The van der Waals surface area contributed by atoms with Crippen molar-refractivity contribution in [2.75, 3.05) is 5.32 Å². The van der Waals surface area contributed by atoms with E-state index < -0.39 is 0 Å². The second-order valence-corrected chi connectivity index (χ2v) is 4.27. The van der Waals surface area contributed by atoms with Crippen LogP contribution in [-0.2, 0) is 6.54 Å². The van der Waals surface area contributed by atoms with E-state index in [0.717, 1.165) is 10.9 Å². The van der Waals surface area contributed by atoms with Gasteiger partial charge in [-0.1, -0.05) is 23.4 Å². The van der Waals surface area contributed by atoms with E-state index in [-0.39, 0.29) is 0 Å². The third-order valence-corrected chi connectivity index (χ3v) is 2.83. The van der Waals surface area contributed by atoms with Gasteiger partial charge in [0.2, 0.25) is 5.89 Å². The van der Waals surface area contributed by atoms with Crippen LogP contribution < -0.4 is 5.32 Å². The van der Waals surface area contributed by atoms with Crippen molar-refractivity contribution < 1.29 is 4.52 Å². The van der Waals surface area contributed by atoms with Crippen LogP contribution >= 0.6 is 0 Å². The van der Waals surface area contributed by atoms with Crippen LogP contribution in [0.25, 0.3) is 10.9 Å². The Balaban J connectivity index is 1.90. The molecule has 3 rings (SSSR count). The van der Waals surface area contributed by atoms with Gasteiger partial charge in [-0.2, -0.15) is 10.2 Å². The van der Waals surface area contributed by atoms with Crippen LogP contribution in [0.5, 0.6) is 0 Å². The third kappa shape index (κ3) is 2.29. The summed E-state index contributed by atoms with van der Waals surface area (Å²) in [6, 6.07) is 11.4. The first kappa shape index (κ1) is 12.1. The quantitative estimate of drug-likeness (QED) is 0.782. The lowest BCUT2D eigenvalue weighted by Crippen LogP contribution is -2.02. The van der Waals surface area contributed by atoms with Crippen LogP contribution in [-0.4, -0.2) is 15.1 Å². The molecule has 0 amide bonds. The Kier molecular flexibility index (Phi) is 3.01. The molecule has 0 radical (unpaired) electrons. The van der Waals surface area contributed by atoms with Crippen molar-refractivity contribution in [3.05, 3.63) is 47.6 Å². The number of para-hydroxylation sites is 1. The highest BCUT2D eigenvalue weighted by atomic mass is 16.5. The molecule has 98 valence electrons. The first-order chi connectivity index (χ1) is 9.76. The fourth-order valence-corrected chi connectivity index (χ4v) is 1.94. The molecule has 2 aromatic heterocycles. The van der Waals surface area contributed by atoms with Crippen molar-refractivity contribution in [2.24, 2.45) is 0 Å². The summed E-state index contributed by atoms with van der Waals surface area (Å²) in [5.74, 6) is 1.68. The van der Waals surface area contributed by atoms with Crippen molar-refractivity contribution in [2.45, 2.75) is 13.5 Å². The van der Waals surface area contributed by atoms with E-state index in [1.54, 1.807) is 13.0 Å². The summed E-state index contributed by atoms with van der Waals surface area (Å²) < 4.78 is 5.01. The van der Waals surface area contributed by atoms with Gasteiger partial charge >= 0.3 is 0 Å². The largest absolute Gasteiger partial charge is 0.361 e. The molecule has 0 spiro atoms. The van der Waals surface area contributed by atoms with Gasteiger partial charge in [-0.3, -0.25) is 0 Å². The van der Waals surface area contributed by atoms with E-state index in [0.29, 0.717) is 29.6 Å². The average Bonchev–Trinajstić information content (AvgIpc) is 2.90. The lowest BCUT2D eigenvalue weighted by Gasteiger charge is -2.06. The maximum absolute atomic E-state index is 9.20. The number of benzene rings is 1. The fraction of sp³-hybridized carbons (Fsp3) is 0.143. The summed E-state index contributed by atoms with van der Waals surface area (Å²) in [5, 5.41) is 16.8. The van der Waals surface area contributed by atoms with E-state index in [1.807, 2.05) is 24.3 Å². The minimum absolute atomic E-state index is 0.372. The monoisotopic (exact) mass is 265 g/mol. The fourth-order valence-electron chi connectivity index (χ4n) is 1.94. The van der Waals surface area contributed by atoms with Crippen LogP contribution in [0.1, 0.15) is 17.3 Å². The van der Waals surface area contributed by atoms with Gasteiger partial charge in [-0.25, -0.2) is 4.98 Å². The molecular weight excluding hydrogens is 254 g/mol. The van der Waals surface area contributed by atoms with Gasteiger partial charge in [0.15, 0.2) is 5.82 Å². The number of hydrogen-bond acceptors (Lipinski definition) is 6. The van der Waals surface area contributed by atoms with Gasteiger partial charge in [0.05, 0.1) is 23.7 Å². The van der Waals surface area contributed by atoms with Gasteiger partial charge < -0.3 is 9.84 Å². The van der Waals surface area contributed by atoms with Crippen molar-refractivity contribution in [1.29, 1.82) is 5.26 Å². The zero-order valence-corrected chi connectivity index (χ0v) is 10.8. The molecule has 0 aliphatic heterocycles. The highest BCUT2D eigenvalue weighted by molar-refractivity contribution is 5.86. The molecule has 1 aromatic carbocycles. The highest BCUT2D eigenvalue weighted by Gasteiger charge is 2.07. The molecule has 20 heavy (non-hydrogen) atoms. The Morgan fingerprint density at radius 1 is 1.30 bits per heavy atom. The number of nitriles is 1. The smallest absolute Gasteiger partial charge is 0.245 e. The van der Waals surface area contributed by atoms with E-state index in [1.165, 1.54) is 0 Å². The van der Waals surface area contributed by atoms with E-state index in [9.17, 15) is 5.26 Å². The molecular formula is C14H11N5O. The van der Waals surface area contributed by atoms with Crippen molar-refractivity contribution in [1.82, 2.24) is 15.1 Å². The maximum atomic E-state index is 9.20. The molecule has 6 heteroatoms. The predicted octanol–water partition coefficient (Wildman–Crippen LogP) is 2.41. The van der Waals surface area contributed by atoms with Gasteiger partial charge in [0.1, 0.15) is 5.82 Å². The Hall–Kier alpha value is -2.94. The molecule has 6 nitrogen and oxygen atoms in total. The third-order valence-electron chi connectivity index (χ3n) is 2.83. The number of rotatable bonds is 3. The summed E-state index contributed by atoms with van der Waals surface area (Å²) >= 11 is 0. The summed E-state index contributed by atoms with van der Waals surface area (Å²) in [6.45, 7) is 2.13. The normalized spacial score (nSPS) is 10.4. The number of aromatic nitrogens is 3. The van der Waals surface area contributed by atoms with E-state index in [2.05, 4.69) is 26.5 Å². The molecule has 3 aromatic rings. The van der Waals surface area contributed by atoms with Crippen LogP contribution in [0, 0.1) is 18.3 Å². The van der Waals surface area contributed by atoms with E-state index >= 15 is 0 Å². The molecule has 0 saturated carbocycles. The number of nitrogens with one attached hydrogen (secondary N) is 1. The lowest BCUT2D eigenvalue weighted by atomic mass is 10.1. The number of aryl methyl sites for hydroxylation is 1. The van der Waals surface area contributed by atoms with Gasteiger partial charge in [-0.05, 0) is 19.1 Å². The summed E-state index contributed by atoms with van der Waals surface area (Å²) in [7, 11) is 0. The Labute approximate surface area is 115 Å². The number of hydrogen-bond donors (Lipinski definition) is 1. The molecule has 0 atom stereocenters.